The first-order chi connectivity index (χ1) is 18.6. The molecule has 6 rings (SSSR count). The lowest BCUT2D eigenvalue weighted by atomic mass is 10.1. The molecule has 1 amide bonds. The van der Waals surface area contributed by atoms with Gasteiger partial charge in [-0.3, -0.25) is 9.79 Å². The van der Waals surface area contributed by atoms with E-state index in [-0.39, 0.29) is 11.9 Å². The van der Waals surface area contributed by atoms with E-state index in [1.54, 1.807) is 0 Å². The zero-order valence-corrected chi connectivity index (χ0v) is 22.7. The maximum atomic E-state index is 12.7. The van der Waals surface area contributed by atoms with Gasteiger partial charge in [0.1, 0.15) is 16.2 Å². The molecule has 1 atom stereocenters. The third-order valence-electron chi connectivity index (χ3n) is 7.56. The van der Waals surface area contributed by atoms with Crippen molar-refractivity contribution in [2.45, 2.75) is 38.6 Å². The summed E-state index contributed by atoms with van der Waals surface area (Å²) in [6.45, 7) is 8.48. The average molecular weight is 531 g/mol. The molecule has 3 aliphatic heterocycles. The van der Waals surface area contributed by atoms with E-state index in [0.717, 1.165) is 90.5 Å². The third-order valence-corrected chi connectivity index (χ3v) is 8.44. The minimum absolute atomic E-state index is 0.253. The fourth-order valence-corrected chi connectivity index (χ4v) is 6.15. The van der Waals surface area contributed by atoms with Gasteiger partial charge in [0.25, 0.3) is 0 Å². The van der Waals surface area contributed by atoms with Crippen LogP contribution in [0.15, 0.2) is 41.5 Å². The number of fused-ring (bicyclic) bond motifs is 1. The van der Waals surface area contributed by atoms with E-state index >= 15 is 0 Å². The van der Waals surface area contributed by atoms with E-state index in [0.29, 0.717) is 6.42 Å². The quantitative estimate of drug-likeness (QED) is 0.467. The van der Waals surface area contributed by atoms with Crippen LogP contribution in [0.1, 0.15) is 38.3 Å². The fourth-order valence-electron chi connectivity index (χ4n) is 5.30. The van der Waals surface area contributed by atoms with Gasteiger partial charge in [0.15, 0.2) is 5.13 Å². The normalized spacial score (nSPS) is 19.9. The molecule has 1 unspecified atom stereocenters. The lowest BCUT2D eigenvalue weighted by Crippen LogP contribution is -2.49. The Morgan fingerprint density at radius 2 is 1.92 bits per heavy atom. The van der Waals surface area contributed by atoms with Crippen molar-refractivity contribution < 1.29 is 4.79 Å². The molecule has 2 saturated heterocycles. The molecule has 0 spiro atoms. The van der Waals surface area contributed by atoms with E-state index in [1.807, 2.05) is 35.5 Å². The van der Waals surface area contributed by atoms with Crippen LogP contribution in [-0.4, -0.2) is 88.7 Å². The van der Waals surface area contributed by atoms with Crippen LogP contribution >= 0.6 is 11.3 Å². The predicted octanol–water partition coefficient (Wildman–Crippen LogP) is 4.21. The summed E-state index contributed by atoms with van der Waals surface area (Å²) in [5.41, 5.74) is 3.97. The molecule has 3 aliphatic rings. The largest absolute Gasteiger partial charge is 0.368 e. The summed E-state index contributed by atoms with van der Waals surface area (Å²) in [5, 5.41) is 4.13. The van der Waals surface area contributed by atoms with E-state index in [1.165, 1.54) is 24.2 Å². The Kier molecular flexibility index (Phi) is 7.33. The van der Waals surface area contributed by atoms with Crippen molar-refractivity contribution in [3.05, 3.63) is 42.2 Å². The molecule has 198 valence electrons. The summed E-state index contributed by atoms with van der Waals surface area (Å²) in [5.74, 6) is 1.03. The number of rotatable bonds is 8. The van der Waals surface area contributed by atoms with Crippen LogP contribution in [0, 0.1) is 0 Å². The molecule has 0 aliphatic carbocycles. The number of allylic oxidation sites excluding steroid dienone is 1. The number of piperazine rings is 1. The first kappa shape index (κ1) is 24.9. The molecule has 38 heavy (non-hydrogen) atoms. The number of carbonyl (C=O) groups excluding carboxylic acids is 1. The van der Waals surface area contributed by atoms with Crippen LogP contribution in [0.2, 0.25) is 0 Å². The number of anilines is 3. The second-order valence-electron chi connectivity index (χ2n) is 10.1. The van der Waals surface area contributed by atoms with Gasteiger partial charge in [0.2, 0.25) is 5.91 Å². The lowest BCUT2D eigenvalue weighted by molar-refractivity contribution is -0.131. The van der Waals surface area contributed by atoms with Gasteiger partial charge in [-0.15, -0.1) is 0 Å². The number of pyridine rings is 2. The maximum Gasteiger partial charge on any atom is 0.223 e. The first-order valence-electron chi connectivity index (χ1n) is 13.7. The van der Waals surface area contributed by atoms with Crippen molar-refractivity contribution in [2.24, 2.45) is 4.99 Å². The van der Waals surface area contributed by atoms with Crippen molar-refractivity contribution in [3.63, 3.8) is 0 Å². The highest BCUT2D eigenvalue weighted by Crippen LogP contribution is 2.30. The van der Waals surface area contributed by atoms with Gasteiger partial charge in [0, 0.05) is 68.9 Å². The van der Waals surface area contributed by atoms with Crippen molar-refractivity contribution >= 4 is 56.0 Å². The van der Waals surface area contributed by atoms with Crippen LogP contribution < -0.4 is 10.2 Å². The number of carbonyl (C=O) groups is 1. The zero-order valence-electron chi connectivity index (χ0n) is 21.8. The molecule has 9 nitrogen and oxygen atoms in total. The summed E-state index contributed by atoms with van der Waals surface area (Å²) < 4.78 is 0. The Bertz CT molecular complexity index is 1350. The van der Waals surface area contributed by atoms with Crippen LogP contribution in [0.25, 0.3) is 15.9 Å². The highest BCUT2D eigenvalue weighted by Gasteiger charge is 2.23. The summed E-state index contributed by atoms with van der Waals surface area (Å²) in [6, 6.07) is 8.37. The Balaban J connectivity index is 1.06. The van der Waals surface area contributed by atoms with Gasteiger partial charge in [-0.25, -0.2) is 15.0 Å². The number of aliphatic imine (C=N–C) groups is 1. The van der Waals surface area contributed by atoms with Crippen molar-refractivity contribution in [2.75, 3.05) is 56.0 Å². The molecule has 0 saturated carbocycles. The van der Waals surface area contributed by atoms with Gasteiger partial charge in [-0.05, 0) is 56.6 Å². The average Bonchev–Trinajstić information content (AvgIpc) is 3.72. The fraction of sp³-hybridized carbons (Fsp3) is 0.464. The molecule has 0 aromatic carbocycles. The lowest BCUT2D eigenvalue weighted by Gasteiger charge is -2.36. The minimum Gasteiger partial charge on any atom is -0.368 e. The molecular formula is C28H34N8OS. The van der Waals surface area contributed by atoms with Crippen molar-refractivity contribution in [3.8, 4) is 0 Å². The van der Waals surface area contributed by atoms with E-state index < -0.39 is 0 Å². The molecule has 1 N–H and O–H groups in total. The first-order valence-corrected chi connectivity index (χ1v) is 14.5. The Labute approximate surface area is 227 Å². The molecule has 10 heteroatoms. The number of aromatic nitrogens is 3. The van der Waals surface area contributed by atoms with E-state index in [9.17, 15) is 4.79 Å². The van der Waals surface area contributed by atoms with Gasteiger partial charge in [0.05, 0.1) is 11.7 Å². The Morgan fingerprint density at radius 3 is 2.71 bits per heavy atom. The van der Waals surface area contributed by atoms with Crippen LogP contribution in [0.3, 0.4) is 0 Å². The third kappa shape index (κ3) is 5.56. The van der Waals surface area contributed by atoms with Gasteiger partial charge in [-0.2, -0.15) is 0 Å². The standard InChI is InChI=1S/C28H34N8OS/c1-2-21-17-20(19-30-21)23-5-6-24-27(31-23)38-28(32-24)33-25-18-22(7-9-29-25)35-13-15-36(16-14-35)26(37)8-12-34-10-3-4-11-34/h5-7,9,17-19,21H,2-4,8,10-16H2,1H3,(H,29,32,33). The number of nitrogens with one attached hydrogen (secondary N) is 1. The number of thiazole rings is 1. The van der Waals surface area contributed by atoms with E-state index in [4.69, 9.17) is 9.97 Å². The number of hydrogen-bond acceptors (Lipinski definition) is 9. The Morgan fingerprint density at radius 1 is 1.08 bits per heavy atom. The monoisotopic (exact) mass is 530 g/mol. The van der Waals surface area contributed by atoms with E-state index in [2.05, 4.69) is 44.2 Å². The molecule has 0 radical (unpaired) electrons. The maximum absolute atomic E-state index is 12.7. The molecule has 0 bridgehead atoms. The van der Waals surface area contributed by atoms with Crippen molar-refractivity contribution in [1.82, 2.24) is 24.8 Å². The number of amides is 1. The Hall–Kier alpha value is -3.37. The van der Waals surface area contributed by atoms with Gasteiger partial charge < -0.3 is 20.0 Å². The summed E-state index contributed by atoms with van der Waals surface area (Å²) in [7, 11) is 0. The summed E-state index contributed by atoms with van der Waals surface area (Å²) >= 11 is 1.52. The van der Waals surface area contributed by atoms with Gasteiger partial charge >= 0.3 is 0 Å². The van der Waals surface area contributed by atoms with Crippen molar-refractivity contribution in [1.29, 1.82) is 0 Å². The number of hydrogen-bond donors (Lipinski definition) is 1. The minimum atomic E-state index is 0.253. The van der Waals surface area contributed by atoms with Gasteiger partial charge in [-0.1, -0.05) is 18.3 Å². The predicted molar refractivity (Wildman–Crippen MR) is 155 cm³/mol. The van der Waals surface area contributed by atoms with Crippen LogP contribution in [0.5, 0.6) is 0 Å². The molecule has 3 aromatic rings. The number of nitrogens with zero attached hydrogens (tertiary/aromatic N) is 7. The second-order valence-corrected chi connectivity index (χ2v) is 11.1. The highest BCUT2D eigenvalue weighted by atomic mass is 32.1. The summed E-state index contributed by atoms with van der Waals surface area (Å²) in [4.78, 5) is 38.9. The summed E-state index contributed by atoms with van der Waals surface area (Å²) in [6.07, 6.45) is 10.1. The molecular weight excluding hydrogens is 496 g/mol. The molecule has 6 heterocycles. The number of likely N-dealkylation sites (tertiary alicyclic amines) is 1. The van der Waals surface area contributed by atoms with Crippen LogP contribution in [-0.2, 0) is 4.79 Å². The molecule has 2 fully saturated rings. The molecule has 3 aromatic heterocycles. The SMILES string of the molecule is CCC1C=C(c2ccc3nc(Nc4cc(N5CCN(C(=O)CCN6CCCC6)CC5)ccn4)sc3n2)C=N1. The topological polar surface area (TPSA) is 89.9 Å². The second kappa shape index (κ2) is 11.2. The zero-order chi connectivity index (χ0) is 25.9. The smallest absolute Gasteiger partial charge is 0.223 e. The van der Waals surface area contributed by atoms with Crippen LogP contribution in [0.4, 0.5) is 16.6 Å². The highest BCUT2D eigenvalue weighted by molar-refractivity contribution is 7.21.